The van der Waals surface area contributed by atoms with Gasteiger partial charge in [-0.1, -0.05) is 18.2 Å². The lowest BCUT2D eigenvalue weighted by Gasteiger charge is -2.09. The lowest BCUT2D eigenvalue weighted by Crippen LogP contribution is -2.09. The average molecular weight is 279 g/mol. The van der Waals surface area contributed by atoms with Crippen molar-refractivity contribution in [2.24, 2.45) is 0 Å². The van der Waals surface area contributed by atoms with E-state index in [0.29, 0.717) is 11.1 Å². The first-order chi connectivity index (χ1) is 9.38. The molecule has 5 heteroatoms. The number of ketones is 1. The number of alkyl halides is 3. The summed E-state index contributed by atoms with van der Waals surface area (Å²) in [5.74, 6) is -0.241. The number of hydrogen-bond donors (Lipinski definition) is 0. The highest BCUT2D eigenvalue weighted by molar-refractivity contribution is 5.98. The van der Waals surface area contributed by atoms with Crippen molar-refractivity contribution in [1.82, 2.24) is 4.98 Å². The van der Waals surface area contributed by atoms with Gasteiger partial charge in [-0.3, -0.25) is 9.78 Å². The van der Waals surface area contributed by atoms with Crippen LogP contribution in [0.4, 0.5) is 13.2 Å². The van der Waals surface area contributed by atoms with Crippen molar-refractivity contribution in [3.63, 3.8) is 0 Å². The van der Waals surface area contributed by atoms with Gasteiger partial charge in [0.15, 0.2) is 5.78 Å². The van der Waals surface area contributed by atoms with Gasteiger partial charge < -0.3 is 0 Å². The molecule has 0 fully saturated rings. The maximum atomic E-state index is 12.6. The second-order valence-corrected chi connectivity index (χ2v) is 4.49. The molecule has 1 aromatic carbocycles. The molecule has 0 radical (unpaired) electrons. The largest absolute Gasteiger partial charge is 0.416 e. The van der Waals surface area contributed by atoms with E-state index in [9.17, 15) is 18.0 Å². The summed E-state index contributed by atoms with van der Waals surface area (Å²) in [5, 5.41) is 0. The molecule has 1 aromatic heterocycles. The van der Waals surface area contributed by atoms with Crippen LogP contribution in [0, 0.1) is 6.92 Å². The molecule has 0 N–H and O–H groups in total. The van der Waals surface area contributed by atoms with Gasteiger partial charge in [-0.25, -0.2) is 0 Å². The second-order valence-electron chi connectivity index (χ2n) is 4.49. The molecule has 0 aliphatic heterocycles. The predicted molar refractivity (Wildman–Crippen MR) is 68.5 cm³/mol. The molecular formula is C15H12F3NO. The van der Waals surface area contributed by atoms with Crippen molar-refractivity contribution in [2.45, 2.75) is 19.5 Å². The summed E-state index contributed by atoms with van der Waals surface area (Å²) in [6.45, 7) is 1.76. The number of halogens is 3. The number of benzene rings is 1. The van der Waals surface area contributed by atoms with E-state index in [4.69, 9.17) is 0 Å². The summed E-state index contributed by atoms with van der Waals surface area (Å²) in [6.07, 6.45) is -1.47. The predicted octanol–water partition coefficient (Wildman–Crippen LogP) is 3.83. The number of rotatable bonds is 3. The second kappa shape index (κ2) is 5.45. The highest BCUT2D eigenvalue weighted by atomic mass is 19.4. The molecule has 0 amide bonds. The van der Waals surface area contributed by atoms with E-state index >= 15 is 0 Å². The van der Waals surface area contributed by atoms with Crippen molar-refractivity contribution < 1.29 is 18.0 Å². The van der Waals surface area contributed by atoms with Crippen LogP contribution in [0.5, 0.6) is 0 Å². The van der Waals surface area contributed by atoms with E-state index in [0.717, 1.165) is 17.7 Å². The van der Waals surface area contributed by atoms with Crippen molar-refractivity contribution in [2.75, 3.05) is 0 Å². The number of Topliss-reactive ketones (excluding diaryl/α,β-unsaturated/α-hetero) is 1. The van der Waals surface area contributed by atoms with Crippen LogP contribution in [0.25, 0.3) is 0 Å². The fraction of sp³-hybridized carbons (Fsp3) is 0.200. The standard InChI is InChI=1S/C15H12F3NO/c1-10-5-6-19-9-13(10)14(20)8-11-3-2-4-12(7-11)15(16,17)18/h2-7,9H,8H2,1H3. The Balaban J connectivity index is 2.23. The number of nitrogens with zero attached hydrogens (tertiary/aromatic N) is 1. The third-order valence-electron chi connectivity index (χ3n) is 2.96. The normalized spacial score (nSPS) is 11.4. The monoisotopic (exact) mass is 279 g/mol. The van der Waals surface area contributed by atoms with Gasteiger partial charge >= 0.3 is 6.18 Å². The van der Waals surface area contributed by atoms with Gasteiger partial charge in [0.25, 0.3) is 0 Å². The zero-order chi connectivity index (χ0) is 14.8. The third kappa shape index (κ3) is 3.23. The summed E-state index contributed by atoms with van der Waals surface area (Å²) >= 11 is 0. The number of pyridine rings is 1. The number of carbonyl (C=O) groups is 1. The molecule has 104 valence electrons. The minimum Gasteiger partial charge on any atom is -0.294 e. The van der Waals surface area contributed by atoms with Crippen molar-refractivity contribution >= 4 is 5.78 Å². The Morgan fingerprint density at radius 3 is 2.65 bits per heavy atom. The van der Waals surface area contributed by atoms with E-state index in [1.807, 2.05) is 0 Å². The number of carbonyl (C=O) groups excluding carboxylic acids is 1. The molecule has 0 unspecified atom stereocenters. The van der Waals surface area contributed by atoms with Crippen molar-refractivity contribution in [3.05, 3.63) is 65.0 Å². The van der Waals surface area contributed by atoms with E-state index in [2.05, 4.69) is 4.98 Å². The van der Waals surface area contributed by atoms with Gasteiger partial charge in [-0.2, -0.15) is 13.2 Å². The molecule has 0 atom stereocenters. The Morgan fingerprint density at radius 1 is 1.25 bits per heavy atom. The molecule has 0 saturated heterocycles. The Hall–Kier alpha value is -2.17. The van der Waals surface area contributed by atoms with Gasteiger partial charge in [-0.15, -0.1) is 0 Å². The van der Waals surface area contributed by atoms with Crippen LogP contribution >= 0.6 is 0 Å². The van der Waals surface area contributed by atoms with Crippen LogP contribution in [0.1, 0.15) is 27.0 Å². The van der Waals surface area contributed by atoms with Crippen LogP contribution in [0.2, 0.25) is 0 Å². The lowest BCUT2D eigenvalue weighted by atomic mass is 10.00. The van der Waals surface area contributed by atoms with Gasteiger partial charge in [0.2, 0.25) is 0 Å². The Bertz CT molecular complexity index is 635. The van der Waals surface area contributed by atoms with Crippen LogP contribution < -0.4 is 0 Å². The maximum absolute atomic E-state index is 12.6. The molecule has 0 spiro atoms. The fourth-order valence-electron chi connectivity index (χ4n) is 1.89. The van der Waals surface area contributed by atoms with Gasteiger partial charge in [-0.05, 0) is 30.2 Å². The first-order valence-corrected chi connectivity index (χ1v) is 5.98. The Kier molecular flexibility index (Phi) is 3.88. The number of hydrogen-bond acceptors (Lipinski definition) is 2. The SMILES string of the molecule is Cc1ccncc1C(=O)Cc1cccc(C(F)(F)F)c1. The van der Waals surface area contributed by atoms with E-state index in [-0.39, 0.29) is 12.2 Å². The molecule has 2 nitrogen and oxygen atoms in total. The summed E-state index contributed by atoms with van der Waals surface area (Å²) < 4.78 is 37.8. The van der Waals surface area contributed by atoms with E-state index in [1.54, 1.807) is 19.2 Å². The highest BCUT2D eigenvalue weighted by Crippen LogP contribution is 2.29. The van der Waals surface area contributed by atoms with Crippen LogP contribution in [-0.4, -0.2) is 10.8 Å². The van der Waals surface area contributed by atoms with Gasteiger partial charge in [0, 0.05) is 24.4 Å². The summed E-state index contributed by atoms with van der Waals surface area (Å²) in [6, 6.07) is 6.51. The molecule has 0 saturated carbocycles. The maximum Gasteiger partial charge on any atom is 0.416 e. The topological polar surface area (TPSA) is 30.0 Å². The fourth-order valence-corrected chi connectivity index (χ4v) is 1.89. The Labute approximate surface area is 114 Å². The zero-order valence-electron chi connectivity index (χ0n) is 10.7. The van der Waals surface area contributed by atoms with Gasteiger partial charge in [0.05, 0.1) is 5.56 Å². The molecular weight excluding hydrogens is 267 g/mol. The summed E-state index contributed by atoms with van der Waals surface area (Å²) in [7, 11) is 0. The molecule has 0 aliphatic rings. The Morgan fingerprint density at radius 2 is 2.00 bits per heavy atom. The van der Waals surface area contributed by atoms with Crippen LogP contribution in [-0.2, 0) is 12.6 Å². The smallest absolute Gasteiger partial charge is 0.294 e. The molecule has 2 aromatic rings. The van der Waals surface area contributed by atoms with Crippen LogP contribution in [0.3, 0.4) is 0 Å². The summed E-state index contributed by atoms with van der Waals surface area (Å²) in [4.78, 5) is 15.9. The number of aromatic nitrogens is 1. The molecule has 2 rings (SSSR count). The molecule has 0 aliphatic carbocycles. The minimum atomic E-state index is -4.40. The molecule has 1 heterocycles. The van der Waals surface area contributed by atoms with E-state index in [1.165, 1.54) is 18.3 Å². The lowest BCUT2D eigenvalue weighted by molar-refractivity contribution is -0.137. The minimum absolute atomic E-state index is 0.0730. The molecule has 20 heavy (non-hydrogen) atoms. The zero-order valence-corrected chi connectivity index (χ0v) is 10.7. The summed E-state index contributed by atoms with van der Waals surface area (Å²) in [5.41, 5.74) is 0.792. The van der Waals surface area contributed by atoms with Crippen LogP contribution in [0.15, 0.2) is 42.7 Å². The first-order valence-electron chi connectivity index (χ1n) is 5.98. The van der Waals surface area contributed by atoms with E-state index < -0.39 is 11.7 Å². The quantitative estimate of drug-likeness (QED) is 0.799. The highest BCUT2D eigenvalue weighted by Gasteiger charge is 2.30. The number of aryl methyl sites for hydroxylation is 1. The first kappa shape index (κ1) is 14.2. The molecule has 0 bridgehead atoms. The van der Waals surface area contributed by atoms with Gasteiger partial charge in [0.1, 0.15) is 0 Å². The average Bonchev–Trinajstić information content (AvgIpc) is 2.38. The van der Waals surface area contributed by atoms with Crippen molar-refractivity contribution in [1.29, 1.82) is 0 Å². The third-order valence-corrected chi connectivity index (χ3v) is 2.96. The van der Waals surface area contributed by atoms with Crippen molar-refractivity contribution in [3.8, 4) is 0 Å².